The second-order valence-corrected chi connectivity index (χ2v) is 11.4. The summed E-state index contributed by atoms with van der Waals surface area (Å²) < 4.78 is 0. The molecule has 4 aromatic heterocycles. The zero-order chi connectivity index (χ0) is 33.6. The van der Waals surface area contributed by atoms with Gasteiger partial charge in [0.05, 0.1) is 0 Å². The molecule has 0 radical (unpaired) electrons. The number of aromatic nitrogens is 4. The van der Waals surface area contributed by atoms with Gasteiger partial charge < -0.3 is 10.6 Å². The second-order valence-electron chi connectivity index (χ2n) is 11.4. The average Bonchev–Trinajstić information content (AvgIpc) is 3.06. The van der Waals surface area contributed by atoms with Crippen LogP contribution in [0.2, 0.25) is 0 Å². The van der Waals surface area contributed by atoms with E-state index in [1.54, 1.807) is 24.8 Å². The van der Waals surface area contributed by atoms with Gasteiger partial charge in [0, 0.05) is 73.9 Å². The number of hydrogen-bond donors (Lipinski definition) is 6. The molecule has 6 rings (SSSR count). The molecule has 242 valence electrons. The number of rotatable bonds is 11. The third-order valence-corrected chi connectivity index (χ3v) is 7.89. The highest BCUT2D eigenvalue weighted by molar-refractivity contribution is 5.93. The van der Waals surface area contributed by atoms with E-state index in [9.17, 15) is 9.59 Å². The Kier molecular flexibility index (Phi) is 9.46. The Balaban J connectivity index is 1.24. The fourth-order valence-corrected chi connectivity index (χ4v) is 5.51. The van der Waals surface area contributed by atoms with Gasteiger partial charge >= 0.3 is 0 Å². The van der Waals surface area contributed by atoms with E-state index < -0.39 is 0 Å². The van der Waals surface area contributed by atoms with Crippen LogP contribution in [-0.4, -0.2) is 31.8 Å². The third-order valence-electron chi connectivity index (χ3n) is 7.89. The molecule has 0 atom stereocenters. The highest BCUT2D eigenvalue weighted by Gasteiger charge is 2.14. The number of nitrogens with one attached hydrogen (secondary N) is 6. The molecule has 0 aliphatic rings. The Labute approximate surface area is 277 Å². The van der Waals surface area contributed by atoms with Crippen LogP contribution in [0.4, 0.5) is 23.0 Å². The smallest absolute Gasteiger partial charge is 0.230 e. The number of carbonyl (C=O) groups is 2. The van der Waals surface area contributed by atoms with Gasteiger partial charge in [-0.2, -0.15) is 0 Å². The zero-order valence-electron chi connectivity index (χ0n) is 27.1. The fraction of sp³-hybridized carbons (Fsp3) is 0.167. The Morgan fingerprint density at radius 3 is 1.46 bits per heavy atom. The maximum Gasteiger partial charge on any atom is 0.230 e. The van der Waals surface area contributed by atoms with E-state index in [-0.39, 0.29) is 11.8 Å². The van der Waals surface area contributed by atoms with Gasteiger partial charge in [0.15, 0.2) is 11.6 Å². The molecule has 48 heavy (non-hydrogen) atoms. The molecule has 12 heteroatoms. The van der Waals surface area contributed by atoms with Crippen molar-refractivity contribution in [2.45, 2.75) is 40.8 Å². The lowest BCUT2D eigenvalue weighted by Gasteiger charge is -2.18. The zero-order valence-corrected chi connectivity index (χ0v) is 27.1. The predicted molar refractivity (Wildman–Crippen MR) is 188 cm³/mol. The summed E-state index contributed by atoms with van der Waals surface area (Å²) in [5.74, 6) is 1.01. The SMILES string of the molecule is CC(=O)NNCc1cnc2c(Nc3cccc(-c4cccc(Nc5nccc6cc(CNNC(C)=O)cnc56)c4C)c3C)nccc2c1. The summed E-state index contributed by atoms with van der Waals surface area (Å²) in [5.41, 5.74) is 20.5. The molecule has 4 heterocycles. The minimum absolute atomic E-state index is 0.154. The van der Waals surface area contributed by atoms with Crippen LogP contribution in [0, 0.1) is 13.8 Å². The van der Waals surface area contributed by atoms with Crippen molar-refractivity contribution in [2.24, 2.45) is 0 Å². The molecular weight excluding hydrogens is 604 g/mol. The highest BCUT2D eigenvalue weighted by Crippen LogP contribution is 2.36. The molecule has 0 saturated heterocycles. The van der Waals surface area contributed by atoms with Gasteiger partial charge in [0.2, 0.25) is 11.8 Å². The number of benzene rings is 2. The molecule has 6 aromatic rings. The normalized spacial score (nSPS) is 11.0. The van der Waals surface area contributed by atoms with Gasteiger partial charge in [0.25, 0.3) is 0 Å². The summed E-state index contributed by atoms with van der Waals surface area (Å²) >= 11 is 0. The number of anilines is 4. The Morgan fingerprint density at radius 2 is 1.04 bits per heavy atom. The number of pyridine rings is 4. The van der Waals surface area contributed by atoms with E-state index in [1.807, 2.05) is 48.5 Å². The van der Waals surface area contributed by atoms with Gasteiger partial charge in [-0.05, 0) is 83.6 Å². The Bertz CT molecular complexity index is 2000. The van der Waals surface area contributed by atoms with E-state index in [0.717, 1.165) is 66.6 Å². The average molecular weight is 641 g/mol. The molecule has 0 saturated carbocycles. The van der Waals surface area contributed by atoms with Crippen molar-refractivity contribution >= 4 is 56.6 Å². The van der Waals surface area contributed by atoms with Crippen LogP contribution in [0.25, 0.3) is 32.9 Å². The van der Waals surface area contributed by atoms with Crippen LogP contribution in [0.3, 0.4) is 0 Å². The Hall–Kier alpha value is -5.98. The van der Waals surface area contributed by atoms with Crippen molar-refractivity contribution in [3.63, 3.8) is 0 Å². The summed E-state index contributed by atoms with van der Waals surface area (Å²) in [6.45, 7) is 8.00. The van der Waals surface area contributed by atoms with Crippen LogP contribution >= 0.6 is 0 Å². The number of nitrogens with zero attached hydrogens (tertiary/aromatic N) is 4. The van der Waals surface area contributed by atoms with Crippen LogP contribution in [-0.2, 0) is 22.7 Å². The predicted octanol–water partition coefficient (Wildman–Crippen LogP) is 5.63. The lowest BCUT2D eigenvalue weighted by Crippen LogP contribution is -2.34. The van der Waals surface area contributed by atoms with Crippen LogP contribution in [0.5, 0.6) is 0 Å². The second kappa shape index (κ2) is 14.2. The minimum Gasteiger partial charge on any atom is -0.338 e. The van der Waals surface area contributed by atoms with Gasteiger partial charge in [-0.3, -0.25) is 30.4 Å². The molecule has 6 N–H and O–H groups in total. The van der Waals surface area contributed by atoms with Gasteiger partial charge in [0.1, 0.15) is 11.0 Å². The fourth-order valence-electron chi connectivity index (χ4n) is 5.51. The number of hydrogen-bond acceptors (Lipinski definition) is 10. The van der Waals surface area contributed by atoms with E-state index in [2.05, 4.69) is 78.3 Å². The van der Waals surface area contributed by atoms with Gasteiger partial charge in [-0.25, -0.2) is 20.8 Å². The largest absolute Gasteiger partial charge is 0.338 e. The lowest BCUT2D eigenvalue weighted by atomic mass is 9.94. The lowest BCUT2D eigenvalue weighted by molar-refractivity contribution is -0.120. The first-order valence-electron chi connectivity index (χ1n) is 15.5. The first-order chi connectivity index (χ1) is 23.3. The van der Waals surface area contributed by atoms with E-state index in [4.69, 9.17) is 0 Å². The maximum atomic E-state index is 11.2. The van der Waals surface area contributed by atoms with Crippen molar-refractivity contribution in [1.29, 1.82) is 0 Å². The maximum absolute atomic E-state index is 11.2. The van der Waals surface area contributed by atoms with E-state index >= 15 is 0 Å². The standard InChI is InChI=1S/C36H36N10O2/c1-21-29(7-5-9-31(21)43-35-33-27(11-13-37-35)15-25(17-39-33)19-41-45-23(3)47)30-8-6-10-32(22(30)2)44-36-34-28(12-14-38-36)16-26(18-40-34)20-42-46-24(4)48/h5-18,41-42H,19-20H2,1-4H3,(H,37,43)(H,38,44)(H,45,47)(H,46,48). The number of carbonyl (C=O) groups excluding carboxylic acids is 2. The Morgan fingerprint density at radius 1 is 0.604 bits per heavy atom. The number of fused-ring (bicyclic) bond motifs is 2. The van der Waals surface area contributed by atoms with Gasteiger partial charge in [-0.15, -0.1) is 0 Å². The first-order valence-corrected chi connectivity index (χ1v) is 15.5. The molecule has 2 amide bonds. The molecule has 2 aromatic carbocycles. The molecule has 0 spiro atoms. The summed E-state index contributed by atoms with van der Waals surface area (Å²) in [4.78, 5) is 40.9. The first kappa shape index (κ1) is 32.0. The molecule has 0 bridgehead atoms. The topological polar surface area (TPSA) is 158 Å². The number of hydrazine groups is 2. The van der Waals surface area contributed by atoms with E-state index in [1.165, 1.54) is 13.8 Å². The highest BCUT2D eigenvalue weighted by atomic mass is 16.2. The van der Waals surface area contributed by atoms with Crippen LogP contribution < -0.4 is 32.3 Å². The van der Waals surface area contributed by atoms with Crippen molar-refractivity contribution in [3.8, 4) is 11.1 Å². The van der Waals surface area contributed by atoms with Crippen LogP contribution in [0.15, 0.2) is 85.5 Å². The monoisotopic (exact) mass is 640 g/mol. The molecule has 12 nitrogen and oxygen atoms in total. The van der Waals surface area contributed by atoms with Crippen LogP contribution in [0.1, 0.15) is 36.1 Å². The summed E-state index contributed by atoms with van der Waals surface area (Å²) in [6.07, 6.45) is 7.07. The summed E-state index contributed by atoms with van der Waals surface area (Å²) in [7, 11) is 0. The van der Waals surface area contributed by atoms with Crippen molar-refractivity contribution < 1.29 is 9.59 Å². The molecule has 0 aliphatic heterocycles. The number of amides is 2. The van der Waals surface area contributed by atoms with Crippen molar-refractivity contribution in [2.75, 3.05) is 10.6 Å². The van der Waals surface area contributed by atoms with Crippen molar-refractivity contribution in [3.05, 3.63) is 108 Å². The van der Waals surface area contributed by atoms with Crippen molar-refractivity contribution in [1.82, 2.24) is 41.6 Å². The molecule has 0 fully saturated rings. The minimum atomic E-state index is -0.154. The van der Waals surface area contributed by atoms with E-state index in [0.29, 0.717) is 24.7 Å². The quantitative estimate of drug-likeness (QED) is 0.0982. The molecule has 0 unspecified atom stereocenters. The molecule has 0 aliphatic carbocycles. The molecular formula is C36H36N10O2. The third kappa shape index (κ3) is 7.20. The summed E-state index contributed by atoms with van der Waals surface area (Å²) in [6, 6.07) is 20.3. The van der Waals surface area contributed by atoms with Gasteiger partial charge in [-0.1, -0.05) is 24.3 Å². The summed E-state index contributed by atoms with van der Waals surface area (Å²) in [5, 5.41) is 8.90.